The maximum absolute atomic E-state index is 10.4. The molecule has 0 saturated carbocycles. The minimum absolute atomic E-state index is 0.379. The van der Waals surface area contributed by atoms with Crippen molar-refractivity contribution in [2.45, 2.75) is 0 Å². The van der Waals surface area contributed by atoms with Crippen LogP contribution in [0.1, 0.15) is 10.4 Å². The molecule has 0 atom stereocenters. The lowest BCUT2D eigenvalue weighted by atomic mass is 10.2. The first kappa shape index (κ1) is 19.9. The lowest BCUT2D eigenvalue weighted by molar-refractivity contribution is -0.159. The third-order valence-electron chi connectivity index (χ3n) is 1.42. The van der Waals surface area contributed by atoms with Gasteiger partial charge in [0.25, 0.3) is 0 Å². The highest BCUT2D eigenvalue weighted by molar-refractivity contribution is 6.27. The number of primary amides is 1. The molecule has 0 radical (unpaired) electrons. The number of rotatable bonds is 1. The smallest absolute Gasteiger partial charge is 0.414 e. The minimum Gasteiger partial charge on any atom is -0.473 e. The summed E-state index contributed by atoms with van der Waals surface area (Å²) in [6.45, 7) is 0. The number of nitrogens with two attached hydrogens (primary N) is 1. The standard InChI is InChI=1S/C7H7NO.2C2H2O4/c8-7(9)6-4-2-1-3-5-6;2*3-1(4)2(5)6/h1-5H,(H2,8,9);2*(H,3,4)(H,5,6). The number of carbonyl (C=O) groups excluding carboxylic acids is 1. The fraction of sp³-hybridized carbons (Fsp3) is 0. The number of amides is 1. The Morgan fingerprint density at radius 3 is 1.10 bits per heavy atom. The second kappa shape index (κ2) is 10.5. The highest BCUT2D eigenvalue weighted by Gasteiger charge is 2.04. The van der Waals surface area contributed by atoms with Crippen molar-refractivity contribution >= 4 is 29.8 Å². The average Bonchev–Trinajstić information content (AvgIpc) is 2.40. The van der Waals surface area contributed by atoms with Crippen LogP contribution in [0.3, 0.4) is 0 Å². The Morgan fingerprint density at radius 2 is 0.952 bits per heavy atom. The van der Waals surface area contributed by atoms with Crippen molar-refractivity contribution in [1.29, 1.82) is 0 Å². The van der Waals surface area contributed by atoms with Crippen LogP contribution in [0, 0.1) is 0 Å². The molecule has 0 spiro atoms. The molecule has 0 bridgehead atoms. The summed E-state index contributed by atoms with van der Waals surface area (Å²) in [5.74, 6) is -7.68. The van der Waals surface area contributed by atoms with E-state index in [0.717, 1.165) is 0 Å². The molecule has 10 heteroatoms. The van der Waals surface area contributed by atoms with Gasteiger partial charge >= 0.3 is 23.9 Å². The van der Waals surface area contributed by atoms with Crippen molar-refractivity contribution in [2.75, 3.05) is 0 Å². The molecule has 6 N–H and O–H groups in total. The molecule has 0 heterocycles. The molecule has 0 unspecified atom stereocenters. The number of carbonyl (C=O) groups is 5. The molecule has 10 nitrogen and oxygen atoms in total. The summed E-state index contributed by atoms with van der Waals surface area (Å²) in [6, 6.07) is 8.76. The van der Waals surface area contributed by atoms with E-state index >= 15 is 0 Å². The van der Waals surface area contributed by atoms with Gasteiger partial charge in [-0.3, -0.25) is 4.79 Å². The summed E-state index contributed by atoms with van der Waals surface area (Å²) in [5.41, 5.74) is 5.53. The van der Waals surface area contributed by atoms with Crippen LogP contribution in [0.15, 0.2) is 30.3 Å². The summed E-state index contributed by atoms with van der Waals surface area (Å²) in [7, 11) is 0. The number of hydrogen-bond donors (Lipinski definition) is 5. The van der Waals surface area contributed by atoms with Gasteiger partial charge in [0, 0.05) is 5.56 Å². The summed E-state index contributed by atoms with van der Waals surface area (Å²) in [5, 5.41) is 29.6. The molecule has 0 aromatic heterocycles. The quantitative estimate of drug-likeness (QED) is 0.408. The molecule has 1 aromatic rings. The van der Waals surface area contributed by atoms with Crippen molar-refractivity contribution in [3.8, 4) is 0 Å². The summed E-state index contributed by atoms with van der Waals surface area (Å²) < 4.78 is 0. The first-order chi connectivity index (χ1) is 9.59. The van der Waals surface area contributed by atoms with Crippen LogP contribution < -0.4 is 5.73 Å². The molecule has 21 heavy (non-hydrogen) atoms. The fourth-order valence-electron chi connectivity index (χ4n) is 0.602. The molecule has 0 aliphatic carbocycles. The van der Waals surface area contributed by atoms with E-state index in [4.69, 9.17) is 45.3 Å². The molecule has 0 aliphatic rings. The molecule has 1 aromatic carbocycles. The van der Waals surface area contributed by atoms with E-state index in [9.17, 15) is 4.79 Å². The molecule has 0 saturated heterocycles. The number of carboxylic acid groups (broad SMARTS) is 4. The van der Waals surface area contributed by atoms with Gasteiger partial charge in [0.05, 0.1) is 0 Å². The van der Waals surface area contributed by atoms with Crippen LogP contribution in [0.5, 0.6) is 0 Å². The monoisotopic (exact) mass is 301 g/mol. The van der Waals surface area contributed by atoms with E-state index in [-0.39, 0.29) is 5.91 Å². The third kappa shape index (κ3) is 12.8. The van der Waals surface area contributed by atoms with Gasteiger partial charge in [0.2, 0.25) is 5.91 Å². The van der Waals surface area contributed by atoms with E-state index < -0.39 is 23.9 Å². The second-order valence-electron chi connectivity index (χ2n) is 2.95. The van der Waals surface area contributed by atoms with Crippen LogP contribution in [-0.4, -0.2) is 50.2 Å². The van der Waals surface area contributed by atoms with Gasteiger partial charge in [0.1, 0.15) is 0 Å². The maximum Gasteiger partial charge on any atom is 0.414 e. The SMILES string of the molecule is NC(=O)c1ccccc1.O=C(O)C(=O)O.O=C(O)C(=O)O. The zero-order chi connectivity index (χ0) is 17.0. The average molecular weight is 301 g/mol. The predicted molar refractivity (Wildman–Crippen MR) is 65.5 cm³/mol. The molecule has 114 valence electrons. The summed E-state index contributed by atoms with van der Waals surface area (Å²) >= 11 is 0. The topological polar surface area (TPSA) is 192 Å². The van der Waals surface area contributed by atoms with Crippen LogP contribution in [0.2, 0.25) is 0 Å². The second-order valence-corrected chi connectivity index (χ2v) is 2.95. The molecule has 1 amide bonds. The Labute approximate surface area is 117 Å². The molecule has 0 aliphatic heterocycles. The minimum atomic E-state index is -1.82. The van der Waals surface area contributed by atoms with Gasteiger partial charge in [-0.1, -0.05) is 18.2 Å². The highest BCUT2D eigenvalue weighted by Crippen LogP contribution is 1.94. The normalized spacial score (nSPS) is 8.00. The van der Waals surface area contributed by atoms with Crippen LogP contribution >= 0.6 is 0 Å². The van der Waals surface area contributed by atoms with Crippen LogP contribution in [0.25, 0.3) is 0 Å². The lowest BCUT2D eigenvalue weighted by Crippen LogP contribution is -2.09. The van der Waals surface area contributed by atoms with Crippen molar-refractivity contribution in [3.05, 3.63) is 35.9 Å². The van der Waals surface area contributed by atoms with Crippen LogP contribution in [-0.2, 0) is 19.2 Å². The van der Waals surface area contributed by atoms with E-state index in [1.54, 1.807) is 24.3 Å². The third-order valence-corrected chi connectivity index (χ3v) is 1.42. The Kier molecular flexibility index (Phi) is 9.94. The summed E-state index contributed by atoms with van der Waals surface area (Å²) in [6.07, 6.45) is 0. The molecular weight excluding hydrogens is 290 g/mol. The Balaban J connectivity index is 0. The zero-order valence-electron chi connectivity index (χ0n) is 10.3. The molecule has 1 rings (SSSR count). The zero-order valence-corrected chi connectivity index (χ0v) is 10.3. The number of carboxylic acids is 4. The van der Waals surface area contributed by atoms with Crippen LogP contribution in [0.4, 0.5) is 0 Å². The Hall–Kier alpha value is -3.43. The van der Waals surface area contributed by atoms with Gasteiger partial charge in [0.15, 0.2) is 0 Å². The molecule has 0 fully saturated rings. The van der Waals surface area contributed by atoms with Crippen molar-refractivity contribution < 1.29 is 44.4 Å². The maximum atomic E-state index is 10.4. The van der Waals surface area contributed by atoms with E-state index in [0.29, 0.717) is 5.56 Å². The van der Waals surface area contributed by atoms with E-state index in [1.807, 2.05) is 6.07 Å². The van der Waals surface area contributed by atoms with Crippen molar-refractivity contribution in [3.63, 3.8) is 0 Å². The van der Waals surface area contributed by atoms with Gasteiger partial charge in [-0.05, 0) is 12.1 Å². The van der Waals surface area contributed by atoms with Gasteiger partial charge < -0.3 is 26.2 Å². The van der Waals surface area contributed by atoms with Gasteiger partial charge in [-0.15, -0.1) is 0 Å². The fourth-order valence-corrected chi connectivity index (χ4v) is 0.602. The van der Waals surface area contributed by atoms with Gasteiger partial charge in [-0.25, -0.2) is 19.2 Å². The van der Waals surface area contributed by atoms with E-state index in [1.165, 1.54) is 0 Å². The Morgan fingerprint density at radius 1 is 0.667 bits per heavy atom. The lowest BCUT2D eigenvalue weighted by Gasteiger charge is -1.89. The van der Waals surface area contributed by atoms with Crippen molar-refractivity contribution in [1.82, 2.24) is 0 Å². The number of hydrogen-bond acceptors (Lipinski definition) is 5. The first-order valence-electron chi connectivity index (χ1n) is 4.86. The number of benzene rings is 1. The number of aliphatic carboxylic acids is 4. The van der Waals surface area contributed by atoms with Gasteiger partial charge in [-0.2, -0.15) is 0 Å². The largest absolute Gasteiger partial charge is 0.473 e. The first-order valence-corrected chi connectivity index (χ1v) is 4.86. The highest BCUT2D eigenvalue weighted by atomic mass is 16.4. The van der Waals surface area contributed by atoms with Crippen molar-refractivity contribution in [2.24, 2.45) is 5.73 Å². The summed E-state index contributed by atoms with van der Waals surface area (Å²) in [4.78, 5) is 46.8. The predicted octanol–water partition coefficient (Wildman–Crippen LogP) is -0.903. The Bertz CT molecular complexity index is 476. The molecular formula is C11H11NO9. The van der Waals surface area contributed by atoms with E-state index in [2.05, 4.69) is 0 Å².